The second kappa shape index (κ2) is 5.60. The molecule has 0 saturated heterocycles. The van der Waals surface area contributed by atoms with E-state index < -0.39 is 8.40 Å². The molecule has 0 aromatic rings. The van der Waals surface area contributed by atoms with Crippen LogP contribution >= 0.6 is 0 Å². The minimum absolute atomic E-state index is 0.297. The second-order valence-electron chi connectivity index (χ2n) is 5.09. The molecular formula is C9H26N2Si3. The van der Waals surface area contributed by atoms with Crippen LogP contribution in [0.4, 0.5) is 0 Å². The Kier molecular flexibility index (Phi) is 5.83. The van der Waals surface area contributed by atoms with Crippen molar-refractivity contribution in [2.45, 2.75) is 59.2 Å². The fraction of sp³-hybridized carbons (Fsp3) is 1.00. The highest BCUT2D eigenvalue weighted by Gasteiger charge is 2.34. The third-order valence-electron chi connectivity index (χ3n) is 2.10. The molecule has 0 heterocycles. The zero-order chi connectivity index (χ0) is 11.5. The molecule has 0 saturated carbocycles. The third kappa shape index (κ3) is 4.39. The van der Waals surface area contributed by atoms with Crippen molar-refractivity contribution in [1.82, 2.24) is 8.88 Å². The largest absolute Gasteiger partial charge is 0.358 e. The van der Waals surface area contributed by atoms with Crippen LogP contribution in [0.15, 0.2) is 0 Å². The van der Waals surface area contributed by atoms with E-state index in [-0.39, 0.29) is 17.9 Å². The van der Waals surface area contributed by atoms with Gasteiger partial charge in [0.05, 0.1) is 0 Å². The quantitative estimate of drug-likeness (QED) is 0.750. The molecule has 0 atom stereocenters. The van der Waals surface area contributed by atoms with Crippen LogP contribution in [0.1, 0.15) is 13.8 Å². The normalized spacial score (nSPS) is 13.7. The highest BCUT2D eigenvalue weighted by molar-refractivity contribution is 6.92. The zero-order valence-electron chi connectivity index (χ0n) is 11.0. The fourth-order valence-electron chi connectivity index (χ4n) is 2.34. The lowest BCUT2D eigenvalue weighted by atomic mass is 10.4. The molecule has 0 amide bonds. The first-order valence-corrected chi connectivity index (χ1v) is 13.2. The molecule has 84 valence electrons. The highest BCUT2D eigenvalue weighted by Crippen LogP contribution is 2.12. The Morgan fingerprint density at radius 3 is 1.57 bits per heavy atom. The molecule has 2 nitrogen and oxygen atoms in total. The van der Waals surface area contributed by atoms with E-state index in [0.717, 1.165) is 0 Å². The van der Waals surface area contributed by atoms with Crippen molar-refractivity contribution in [3.63, 3.8) is 0 Å². The summed E-state index contributed by atoms with van der Waals surface area (Å²) in [5.74, 6) is 0. The van der Waals surface area contributed by atoms with E-state index in [0.29, 0.717) is 6.04 Å². The Morgan fingerprint density at radius 1 is 1.00 bits per heavy atom. The Morgan fingerprint density at radius 2 is 1.36 bits per heavy atom. The van der Waals surface area contributed by atoms with Crippen molar-refractivity contribution < 1.29 is 0 Å². The molecule has 0 aliphatic carbocycles. The van der Waals surface area contributed by atoms with Gasteiger partial charge in [0.1, 0.15) is 17.9 Å². The molecule has 2 radical (unpaired) electrons. The number of nitrogens with zero attached hydrogens (tertiary/aromatic N) is 1. The van der Waals surface area contributed by atoms with E-state index in [9.17, 15) is 0 Å². The lowest BCUT2D eigenvalue weighted by Gasteiger charge is -2.43. The molecule has 0 aliphatic heterocycles. The summed E-state index contributed by atoms with van der Waals surface area (Å²) in [6.07, 6.45) is 0. The second-order valence-corrected chi connectivity index (χ2v) is 15.0. The van der Waals surface area contributed by atoms with Crippen LogP contribution in [0.5, 0.6) is 0 Å². The van der Waals surface area contributed by atoms with Gasteiger partial charge in [0, 0.05) is 0 Å². The predicted molar refractivity (Wildman–Crippen MR) is 72.6 cm³/mol. The van der Waals surface area contributed by atoms with E-state index in [4.69, 9.17) is 0 Å². The molecule has 14 heavy (non-hydrogen) atoms. The van der Waals surface area contributed by atoms with Crippen LogP contribution in [0.25, 0.3) is 0 Å². The maximum atomic E-state index is 3.80. The molecule has 0 aromatic carbocycles. The Bertz CT molecular complexity index is 161. The van der Waals surface area contributed by atoms with Crippen LogP contribution in [-0.2, 0) is 0 Å². The van der Waals surface area contributed by atoms with Crippen molar-refractivity contribution in [3.05, 3.63) is 0 Å². The van der Waals surface area contributed by atoms with Crippen LogP contribution in [-0.4, -0.2) is 36.3 Å². The fourth-order valence-corrected chi connectivity index (χ4v) is 16.8. The van der Waals surface area contributed by atoms with Crippen molar-refractivity contribution in [1.29, 1.82) is 0 Å². The summed E-state index contributed by atoms with van der Waals surface area (Å²) < 4.78 is 2.85. The smallest absolute Gasteiger partial charge is 0.184 e. The van der Waals surface area contributed by atoms with Gasteiger partial charge in [0.15, 0.2) is 8.40 Å². The topological polar surface area (TPSA) is 15.3 Å². The van der Waals surface area contributed by atoms with Gasteiger partial charge in [-0.3, -0.25) is 0 Å². The summed E-state index contributed by atoms with van der Waals surface area (Å²) in [6.45, 7) is 19.1. The molecule has 0 spiro atoms. The van der Waals surface area contributed by atoms with E-state index in [1.54, 1.807) is 0 Å². The standard InChI is InChI=1S/C9H26N2Si3/c1-9(2)10-14(7,8)11(12(3)4)13(5)6/h9-10H,1-8H3. The van der Waals surface area contributed by atoms with Crippen molar-refractivity contribution in [3.8, 4) is 0 Å². The van der Waals surface area contributed by atoms with Gasteiger partial charge in [-0.05, 0) is 19.1 Å². The average molecular weight is 247 g/mol. The Hall–Kier alpha value is 0.571. The van der Waals surface area contributed by atoms with Gasteiger partial charge in [-0.1, -0.05) is 40.0 Å². The maximum absolute atomic E-state index is 3.80. The predicted octanol–water partition coefficient (Wildman–Crippen LogP) is 2.49. The SMILES string of the molecule is CC(C)N[Si](C)(C)N([Si](C)C)[Si](C)C. The number of hydrogen-bond donors (Lipinski definition) is 1. The molecule has 0 aliphatic rings. The van der Waals surface area contributed by atoms with Crippen molar-refractivity contribution >= 4 is 26.3 Å². The summed E-state index contributed by atoms with van der Waals surface area (Å²) in [5, 5.41) is 0. The number of nitrogens with one attached hydrogen (secondary N) is 1. The molecule has 0 bridgehead atoms. The highest BCUT2D eigenvalue weighted by atomic mass is 28.4. The van der Waals surface area contributed by atoms with Gasteiger partial charge in [0.2, 0.25) is 0 Å². The first-order valence-electron chi connectivity index (χ1n) is 5.36. The summed E-state index contributed by atoms with van der Waals surface area (Å²) in [4.78, 5) is 3.80. The molecule has 0 aromatic heterocycles. The zero-order valence-corrected chi connectivity index (χ0v) is 14.0. The molecular weight excluding hydrogens is 220 g/mol. The summed E-state index contributed by atoms with van der Waals surface area (Å²) in [5.41, 5.74) is 0. The van der Waals surface area contributed by atoms with Crippen molar-refractivity contribution in [2.75, 3.05) is 0 Å². The minimum atomic E-state index is -1.35. The molecule has 5 heteroatoms. The van der Waals surface area contributed by atoms with Gasteiger partial charge in [0.25, 0.3) is 0 Å². The average Bonchev–Trinajstić information content (AvgIpc) is 1.77. The number of hydrogen-bond acceptors (Lipinski definition) is 2. The summed E-state index contributed by atoms with van der Waals surface area (Å²) in [6, 6.07) is 0.613. The monoisotopic (exact) mass is 246 g/mol. The Balaban J connectivity index is 4.62. The van der Waals surface area contributed by atoms with Crippen molar-refractivity contribution in [2.24, 2.45) is 0 Å². The lowest BCUT2D eigenvalue weighted by Crippen LogP contribution is -2.68. The maximum Gasteiger partial charge on any atom is 0.184 e. The van der Waals surface area contributed by atoms with Gasteiger partial charge >= 0.3 is 0 Å². The van der Waals surface area contributed by atoms with Gasteiger partial charge < -0.3 is 8.88 Å². The minimum Gasteiger partial charge on any atom is -0.358 e. The van der Waals surface area contributed by atoms with Gasteiger partial charge in [-0.15, -0.1) is 0 Å². The van der Waals surface area contributed by atoms with Gasteiger partial charge in [-0.2, -0.15) is 0 Å². The van der Waals surface area contributed by atoms with Crippen LogP contribution in [0, 0.1) is 0 Å². The summed E-state index contributed by atoms with van der Waals surface area (Å²) in [7, 11) is -1.94. The molecule has 1 N–H and O–H groups in total. The number of rotatable bonds is 5. The van der Waals surface area contributed by atoms with Crippen LogP contribution in [0.3, 0.4) is 0 Å². The van der Waals surface area contributed by atoms with Crippen LogP contribution in [0.2, 0.25) is 39.3 Å². The molecule has 0 unspecified atom stereocenters. The first kappa shape index (κ1) is 14.6. The summed E-state index contributed by atoms with van der Waals surface area (Å²) >= 11 is 0. The van der Waals surface area contributed by atoms with Gasteiger partial charge in [-0.25, -0.2) is 0 Å². The Labute approximate surface area is 94.6 Å². The molecule has 0 rings (SSSR count). The van der Waals surface area contributed by atoms with E-state index in [2.05, 4.69) is 62.0 Å². The van der Waals surface area contributed by atoms with E-state index in [1.807, 2.05) is 0 Å². The third-order valence-corrected chi connectivity index (χ3v) is 15.0. The first-order chi connectivity index (χ1) is 6.18. The van der Waals surface area contributed by atoms with E-state index in [1.165, 1.54) is 0 Å². The van der Waals surface area contributed by atoms with Crippen LogP contribution < -0.4 is 4.98 Å². The lowest BCUT2D eigenvalue weighted by molar-refractivity contribution is 0.698. The van der Waals surface area contributed by atoms with E-state index >= 15 is 0 Å². The molecule has 0 fully saturated rings.